The van der Waals surface area contributed by atoms with Gasteiger partial charge in [0, 0.05) is 0 Å². The monoisotopic (exact) mass is 261 g/mol. The summed E-state index contributed by atoms with van der Waals surface area (Å²) in [5.41, 5.74) is 9.06. The Labute approximate surface area is 119 Å². The molecule has 1 rings (SSSR count). The second-order valence-corrected chi connectivity index (χ2v) is 7.72. The van der Waals surface area contributed by atoms with Gasteiger partial charge in [0.1, 0.15) is 0 Å². The van der Waals surface area contributed by atoms with Crippen molar-refractivity contribution < 1.29 is 0 Å². The minimum Gasteiger partial charge on any atom is -0.330 e. The van der Waals surface area contributed by atoms with E-state index in [1.54, 1.807) is 0 Å². The van der Waals surface area contributed by atoms with E-state index in [4.69, 9.17) is 5.73 Å². The molecule has 0 radical (unpaired) electrons. The lowest BCUT2D eigenvalue weighted by molar-refractivity contribution is 0.284. The van der Waals surface area contributed by atoms with Crippen LogP contribution in [0.2, 0.25) is 0 Å². The molecule has 1 aromatic rings. The van der Waals surface area contributed by atoms with Gasteiger partial charge in [0.15, 0.2) is 0 Å². The third-order valence-electron chi connectivity index (χ3n) is 3.83. The predicted molar refractivity (Wildman–Crippen MR) is 85.6 cm³/mol. The minimum atomic E-state index is 0.230. The van der Waals surface area contributed by atoms with E-state index in [9.17, 15) is 0 Å². The molecule has 0 aliphatic rings. The molecule has 0 fully saturated rings. The lowest BCUT2D eigenvalue weighted by atomic mass is 9.72. The first kappa shape index (κ1) is 16.2. The third-order valence-corrected chi connectivity index (χ3v) is 3.83. The van der Waals surface area contributed by atoms with Crippen molar-refractivity contribution in [2.45, 2.75) is 65.7 Å². The van der Waals surface area contributed by atoms with Crippen LogP contribution >= 0.6 is 0 Å². The van der Waals surface area contributed by atoms with E-state index in [0.29, 0.717) is 11.3 Å². The van der Waals surface area contributed by atoms with Gasteiger partial charge in [0.05, 0.1) is 0 Å². The summed E-state index contributed by atoms with van der Waals surface area (Å²) >= 11 is 0. The van der Waals surface area contributed by atoms with Crippen LogP contribution in [0, 0.1) is 5.41 Å². The van der Waals surface area contributed by atoms with Crippen LogP contribution in [0.25, 0.3) is 0 Å². The van der Waals surface area contributed by atoms with Crippen LogP contribution in [0.5, 0.6) is 0 Å². The fourth-order valence-electron chi connectivity index (χ4n) is 3.11. The van der Waals surface area contributed by atoms with Gasteiger partial charge in [-0.2, -0.15) is 0 Å². The largest absolute Gasteiger partial charge is 0.330 e. The maximum absolute atomic E-state index is 5.64. The van der Waals surface area contributed by atoms with Gasteiger partial charge in [-0.1, -0.05) is 65.8 Å². The highest BCUT2D eigenvalue weighted by Crippen LogP contribution is 2.36. The molecule has 0 aliphatic heterocycles. The molecular formula is C18H31N. The summed E-state index contributed by atoms with van der Waals surface area (Å²) in [5.74, 6) is 0.560. The zero-order valence-corrected chi connectivity index (χ0v) is 13.6. The van der Waals surface area contributed by atoms with Gasteiger partial charge in [-0.3, -0.25) is 0 Å². The molecule has 1 nitrogen and oxygen atoms in total. The van der Waals surface area contributed by atoms with Crippen molar-refractivity contribution in [1.82, 2.24) is 0 Å². The molecule has 0 aromatic heterocycles. The fraction of sp³-hybridized carbons (Fsp3) is 0.667. The van der Waals surface area contributed by atoms with Gasteiger partial charge in [0.2, 0.25) is 0 Å². The molecule has 0 amide bonds. The fourth-order valence-corrected chi connectivity index (χ4v) is 3.11. The molecule has 0 saturated carbocycles. The van der Waals surface area contributed by atoms with E-state index in [1.165, 1.54) is 17.5 Å². The van der Waals surface area contributed by atoms with Gasteiger partial charge >= 0.3 is 0 Å². The maximum atomic E-state index is 5.64. The number of nitrogens with two attached hydrogens (primary N) is 1. The molecule has 1 heteroatoms. The molecule has 0 bridgehead atoms. The van der Waals surface area contributed by atoms with Crippen LogP contribution in [0.3, 0.4) is 0 Å². The van der Waals surface area contributed by atoms with Crippen molar-refractivity contribution in [2.24, 2.45) is 11.1 Å². The van der Waals surface area contributed by atoms with E-state index in [2.05, 4.69) is 65.8 Å². The Morgan fingerprint density at radius 1 is 1.00 bits per heavy atom. The molecule has 19 heavy (non-hydrogen) atoms. The molecule has 1 aromatic carbocycles. The van der Waals surface area contributed by atoms with Crippen molar-refractivity contribution in [2.75, 3.05) is 6.54 Å². The van der Waals surface area contributed by atoms with Crippen molar-refractivity contribution in [3.8, 4) is 0 Å². The van der Waals surface area contributed by atoms with Gasteiger partial charge in [-0.25, -0.2) is 0 Å². The normalized spacial score (nSPS) is 14.5. The van der Waals surface area contributed by atoms with E-state index in [1.807, 2.05) is 0 Å². The zero-order valence-electron chi connectivity index (χ0n) is 13.6. The highest BCUT2D eigenvalue weighted by molar-refractivity contribution is 5.30. The molecule has 1 atom stereocenters. The second kappa shape index (κ2) is 6.09. The number of hydrogen-bond donors (Lipinski definition) is 1. The Kier molecular flexibility index (Phi) is 5.20. The van der Waals surface area contributed by atoms with Crippen LogP contribution < -0.4 is 5.73 Å². The number of rotatable bonds is 5. The van der Waals surface area contributed by atoms with Crippen LogP contribution in [-0.2, 0) is 5.41 Å². The lowest BCUT2D eigenvalue weighted by Gasteiger charge is -2.33. The molecular weight excluding hydrogens is 230 g/mol. The standard InChI is InChI=1S/C18H31N/c1-14(11-12-19)15-7-9-16(10-8-15)18(5,6)13-17(2,3)4/h7-10,14H,11-13,19H2,1-6H3. The molecule has 1 unspecified atom stereocenters. The Morgan fingerprint density at radius 2 is 1.53 bits per heavy atom. The molecule has 0 spiro atoms. The third kappa shape index (κ3) is 4.99. The first-order chi connectivity index (χ1) is 8.65. The quantitative estimate of drug-likeness (QED) is 0.805. The molecule has 2 N–H and O–H groups in total. The second-order valence-electron chi connectivity index (χ2n) is 7.72. The van der Waals surface area contributed by atoms with Crippen molar-refractivity contribution in [1.29, 1.82) is 0 Å². The molecule has 0 heterocycles. The number of benzene rings is 1. The van der Waals surface area contributed by atoms with Gasteiger partial charge < -0.3 is 5.73 Å². The Hall–Kier alpha value is -0.820. The van der Waals surface area contributed by atoms with E-state index in [0.717, 1.165) is 13.0 Å². The smallest absolute Gasteiger partial charge is 0.00715 e. The Balaban J connectivity index is 2.86. The summed E-state index contributed by atoms with van der Waals surface area (Å²) in [5, 5.41) is 0. The van der Waals surface area contributed by atoms with Crippen LogP contribution in [0.4, 0.5) is 0 Å². The summed E-state index contributed by atoms with van der Waals surface area (Å²) in [6.45, 7) is 14.6. The van der Waals surface area contributed by atoms with E-state index in [-0.39, 0.29) is 5.41 Å². The highest BCUT2D eigenvalue weighted by atomic mass is 14.5. The van der Waals surface area contributed by atoms with Crippen molar-refractivity contribution in [3.63, 3.8) is 0 Å². The summed E-state index contributed by atoms with van der Waals surface area (Å²) < 4.78 is 0. The Morgan fingerprint density at radius 3 is 1.95 bits per heavy atom. The minimum absolute atomic E-state index is 0.230. The maximum Gasteiger partial charge on any atom is -0.00715 e. The van der Waals surface area contributed by atoms with Crippen LogP contribution in [0.1, 0.15) is 71.4 Å². The average molecular weight is 261 g/mol. The molecule has 0 saturated heterocycles. The van der Waals surface area contributed by atoms with Gasteiger partial charge in [0.25, 0.3) is 0 Å². The SMILES string of the molecule is CC(CCN)c1ccc(C(C)(C)CC(C)(C)C)cc1. The van der Waals surface area contributed by atoms with E-state index >= 15 is 0 Å². The zero-order chi connectivity index (χ0) is 14.7. The summed E-state index contributed by atoms with van der Waals surface area (Å²) in [4.78, 5) is 0. The highest BCUT2D eigenvalue weighted by Gasteiger charge is 2.27. The van der Waals surface area contributed by atoms with Crippen LogP contribution in [0.15, 0.2) is 24.3 Å². The Bertz CT molecular complexity index is 381. The lowest BCUT2D eigenvalue weighted by Crippen LogP contribution is -2.24. The first-order valence-corrected chi connectivity index (χ1v) is 7.46. The summed E-state index contributed by atoms with van der Waals surface area (Å²) in [6.07, 6.45) is 2.25. The molecule has 0 aliphatic carbocycles. The average Bonchev–Trinajstić information content (AvgIpc) is 2.26. The number of hydrogen-bond acceptors (Lipinski definition) is 1. The van der Waals surface area contributed by atoms with Gasteiger partial charge in [-0.15, -0.1) is 0 Å². The molecule has 108 valence electrons. The summed E-state index contributed by atoms with van der Waals surface area (Å²) in [6, 6.07) is 9.16. The van der Waals surface area contributed by atoms with Crippen molar-refractivity contribution >= 4 is 0 Å². The first-order valence-electron chi connectivity index (χ1n) is 7.46. The predicted octanol–water partition coefficient (Wildman–Crippen LogP) is 4.85. The topological polar surface area (TPSA) is 26.0 Å². The van der Waals surface area contributed by atoms with Crippen molar-refractivity contribution in [3.05, 3.63) is 35.4 Å². The summed E-state index contributed by atoms with van der Waals surface area (Å²) in [7, 11) is 0. The van der Waals surface area contributed by atoms with E-state index < -0.39 is 0 Å². The van der Waals surface area contributed by atoms with Crippen LogP contribution in [-0.4, -0.2) is 6.54 Å². The van der Waals surface area contributed by atoms with Gasteiger partial charge in [-0.05, 0) is 47.3 Å².